The highest BCUT2D eigenvalue weighted by atomic mass is 15.2. The van der Waals surface area contributed by atoms with Gasteiger partial charge in [0.1, 0.15) is 5.65 Å². The van der Waals surface area contributed by atoms with Crippen LogP contribution in [0.2, 0.25) is 0 Å². The van der Waals surface area contributed by atoms with Gasteiger partial charge in [-0.15, -0.1) is 0 Å². The van der Waals surface area contributed by atoms with Crippen molar-refractivity contribution in [3.63, 3.8) is 0 Å². The fraction of sp³-hybridized carbons (Fsp3) is 0. The molecule has 4 aromatic heterocycles. The van der Waals surface area contributed by atoms with Crippen LogP contribution in [0.25, 0.3) is 88.4 Å². The Hall–Kier alpha value is -6.26. The Morgan fingerprint density at radius 3 is 1.74 bits per heavy atom. The zero-order valence-electron chi connectivity index (χ0n) is 24.8. The number of fused-ring (bicyclic) bond motifs is 11. The molecule has 0 saturated heterocycles. The van der Waals surface area contributed by atoms with E-state index in [2.05, 4.69) is 161 Å². The van der Waals surface area contributed by atoms with Crippen molar-refractivity contribution in [1.82, 2.24) is 18.9 Å². The molecule has 46 heavy (non-hydrogen) atoms. The second kappa shape index (κ2) is 9.62. The average molecular weight is 587 g/mol. The monoisotopic (exact) mass is 586 g/mol. The third kappa shape index (κ3) is 3.44. The molecule has 0 unspecified atom stereocenters. The normalized spacial score (nSPS) is 11.9. The molecule has 0 spiro atoms. The molecule has 4 heteroatoms. The van der Waals surface area contributed by atoms with Gasteiger partial charge in [0.05, 0.1) is 27.8 Å². The maximum atomic E-state index is 5.38. The first-order chi connectivity index (χ1) is 22.9. The molecule has 0 radical (unpaired) electrons. The molecule has 0 bridgehead atoms. The van der Waals surface area contributed by atoms with Gasteiger partial charge < -0.3 is 0 Å². The lowest BCUT2D eigenvalue weighted by molar-refractivity contribution is 0.993. The molecule has 4 heterocycles. The summed E-state index contributed by atoms with van der Waals surface area (Å²) in [6, 6.07) is 55.8. The van der Waals surface area contributed by atoms with Crippen LogP contribution in [0, 0.1) is 0 Å². The predicted octanol–water partition coefficient (Wildman–Crippen LogP) is 10.6. The number of rotatable bonds is 3. The molecule has 4 nitrogen and oxygen atoms in total. The zero-order chi connectivity index (χ0) is 30.2. The summed E-state index contributed by atoms with van der Waals surface area (Å²) >= 11 is 0. The zero-order valence-corrected chi connectivity index (χ0v) is 24.8. The molecule has 0 amide bonds. The average Bonchev–Trinajstić information content (AvgIpc) is 3.65. The second-order valence-corrected chi connectivity index (χ2v) is 11.8. The quantitative estimate of drug-likeness (QED) is 0.193. The largest absolute Gasteiger partial charge is 0.294 e. The van der Waals surface area contributed by atoms with E-state index in [0.29, 0.717) is 5.95 Å². The fourth-order valence-electron chi connectivity index (χ4n) is 7.40. The lowest BCUT2D eigenvalue weighted by atomic mass is 9.98. The molecule has 10 aromatic rings. The fourth-order valence-corrected chi connectivity index (χ4v) is 7.40. The Labute approximate surface area is 264 Å². The highest BCUT2D eigenvalue weighted by molar-refractivity contribution is 6.27. The number of nitrogens with zero attached hydrogens (tertiary/aromatic N) is 4. The van der Waals surface area contributed by atoms with E-state index >= 15 is 0 Å². The van der Waals surface area contributed by atoms with Crippen molar-refractivity contribution in [2.45, 2.75) is 0 Å². The maximum Gasteiger partial charge on any atom is 0.236 e. The van der Waals surface area contributed by atoms with Crippen molar-refractivity contribution in [3.8, 4) is 28.3 Å². The first-order valence-corrected chi connectivity index (χ1v) is 15.6. The number of pyridine rings is 1. The van der Waals surface area contributed by atoms with E-state index in [1.807, 2.05) is 6.07 Å². The summed E-state index contributed by atoms with van der Waals surface area (Å²) in [5.74, 6) is 0.653. The van der Waals surface area contributed by atoms with E-state index in [-0.39, 0.29) is 0 Å². The topological polar surface area (TPSA) is 35.1 Å². The lowest BCUT2D eigenvalue weighted by Crippen LogP contribution is -2.05. The highest BCUT2D eigenvalue weighted by Gasteiger charge is 2.27. The predicted molar refractivity (Wildman–Crippen MR) is 191 cm³/mol. The van der Waals surface area contributed by atoms with Gasteiger partial charge in [-0.05, 0) is 29.1 Å². The first-order valence-electron chi connectivity index (χ1n) is 15.6. The number of para-hydroxylation sites is 3. The van der Waals surface area contributed by atoms with Crippen LogP contribution in [-0.2, 0) is 0 Å². The number of hydrogen-bond acceptors (Lipinski definition) is 2. The summed E-state index contributed by atoms with van der Waals surface area (Å²) in [5, 5.41) is 7.07. The van der Waals surface area contributed by atoms with Crippen molar-refractivity contribution in [2.24, 2.45) is 0 Å². The third-order valence-corrected chi connectivity index (χ3v) is 9.29. The van der Waals surface area contributed by atoms with Gasteiger partial charge in [0.25, 0.3) is 0 Å². The van der Waals surface area contributed by atoms with Crippen LogP contribution < -0.4 is 0 Å². The number of aromatic nitrogens is 4. The minimum atomic E-state index is 0.653. The molecular formula is C42H26N4. The Balaban J connectivity index is 1.49. The van der Waals surface area contributed by atoms with Crippen molar-refractivity contribution < 1.29 is 0 Å². The smallest absolute Gasteiger partial charge is 0.236 e. The van der Waals surface area contributed by atoms with Crippen molar-refractivity contribution in [2.75, 3.05) is 0 Å². The molecule has 214 valence electrons. The molecule has 0 aliphatic heterocycles. The van der Waals surface area contributed by atoms with Gasteiger partial charge in [-0.1, -0.05) is 140 Å². The van der Waals surface area contributed by atoms with Crippen molar-refractivity contribution >= 4 is 60.0 Å². The van der Waals surface area contributed by atoms with Crippen LogP contribution in [0.1, 0.15) is 0 Å². The van der Waals surface area contributed by atoms with Crippen molar-refractivity contribution in [1.29, 1.82) is 0 Å². The molecule has 0 atom stereocenters. The SMILES string of the molecule is c1ccc(-c2nc(-n3c4ccccc4c4c(-c5ccccc5)c5c6ccccc6c6ccccc6n5c43)nc3ccccc23)cc1. The van der Waals surface area contributed by atoms with Crippen LogP contribution in [0.3, 0.4) is 0 Å². The van der Waals surface area contributed by atoms with Gasteiger partial charge in [-0.3, -0.25) is 8.97 Å². The second-order valence-electron chi connectivity index (χ2n) is 11.8. The summed E-state index contributed by atoms with van der Waals surface area (Å²) in [5.41, 5.74) is 9.78. The van der Waals surface area contributed by atoms with Gasteiger partial charge in [-0.2, -0.15) is 0 Å². The van der Waals surface area contributed by atoms with E-state index in [4.69, 9.17) is 9.97 Å². The van der Waals surface area contributed by atoms with Crippen molar-refractivity contribution in [3.05, 3.63) is 158 Å². The summed E-state index contributed by atoms with van der Waals surface area (Å²) in [6.07, 6.45) is 0. The molecule has 0 saturated carbocycles. The van der Waals surface area contributed by atoms with Gasteiger partial charge >= 0.3 is 0 Å². The summed E-state index contributed by atoms with van der Waals surface area (Å²) < 4.78 is 4.74. The van der Waals surface area contributed by atoms with Gasteiger partial charge in [0.2, 0.25) is 5.95 Å². The molecule has 0 N–H and O–H groups in total. The van der Waals surface area contributed by atoms with E-state index in [1.165, 1.54) is 43.6 Å². The Kier molecular flexibility index (Phi) is 5.25. The molecule has 0 aliphatic rings. The molecule has 6 aromatic carbocycles. The standard InChI is InChI=1S/C42H26N4/c1-3-15-27(16-4-1)37-38-33-23-11-14-26-36(33)46(42-43-34-24-12-9-22-32(34)39(44-42)28-17-5-2-6-18-28)41(38)45-35-25-13-10-20-30(35)29-19-7-8-21-31(29)40(37)45/h1-26H. The van der Waals surface area contributed by atoms with Gasteiger partial charge in [0, 0.05) is 38.1 Å². The van der Waals surface area contributed by atoms with E-state index in [0.717, 1.165) is 38.8 Å². The molecular weight excluding hydrogens is 560 g/mol. The minimum Gasteiger partial charge on any atom is -0.294 e. The van der Waals surface area contributed by atoms with Crippen LogP contribution >= 0.6 is 0 Å². The van der Waals surface area contributed by atoms with Crippen LogP contribution in [0.4, 0.5) is 0 Å². The molecule has 0 aliphatic carbocycles. The van der Waals surface area contributed by atoms with Crippen LogP contribution in [-0.4, -0.2) is 18.9 Å². The molecule has 0 fully saturated rings. The Morgan fingerprint density at radius 2 is 0.978 bits per heavy atom. The third-order valence-electron chi connectivity index (χ3n) is 9.29. The summed E-state index contributed by atoms with van der Waals surface area (Å²) in [7, 11) is 0. The van der Waals surface area contributed by atoms with E-state index in [9.17, 15) is 0 Å². The van der Waals surface area contributed by atoms with Gasteiger partial charge in [-0.25, -0.2) is 9.97 Å². The van der Waals surface area contributed by atoms with Crippen LogP contribution in [0.5, 0.6) is 0 Å². The van der Waals surface area contributed by atoms with E-state index < -0.39 is 0 Å². The Morgan fingerprint density at radius 1 is 0.413 bits per heavy atom. The van der Waals surface area contributed by atoms with Gasteiger partial charge in [0.15, 0.2) is 0 Å². The summed E-state index contributed by atoms with van der Waals surface area (Å²) in [6.45, 7) is 0. The number of hydrogen-bond donors (Lipinski definition) is 0. The number of benzene rings is 6. The lowest BCUT2D eigenvalue weighted by Gasteiger charge is -2.14. The van der Waals surface area contributed by atoms with E-state index in [1.54, 1.807) is 0 Å². The Bertz CT molecular complexity index is 2790. The first kappa shape index (κ1) is 25.1. The highest BCUT2D eigenvalue weighted by Crippen LogP contribution is 2.46. The molecule has 10 rings (SSSR count). The summed E-state index contributed by atoms with van der Waals surface area (Å²) in [4.78, 5) is 10.7. The minimum absolute atomic E-state index is 0.653. The van der Waals surface area contributed by atoms with Crippen LogP contribution in [0.15, 0.2) is 158 Å². The maximum absolute atomic E-state index is 5.38.